The number of urea groups is 1. The van der Waals surface area contributed by atoms with Gasteiger partial charge in [0.2, 0.25) is 5.89 Å². The molecule has 7 heteroatoms. The Labute approximate surface area is 182 Å². The minimum absolute atomic E-state index is 0.162. The molecule has 2 N–H and O–H groups in total. The van der Waals surface area contributed by atoms with Crippen LogP contribution in [0.1, 0.15) is 35.7 Å². The van der Waals surface area contributed by atoms with E-state index in [-0.39, 0.29) is 6.03 Å². The number of amides is 2. The molecule has 1 saturated heterocycles. The highest BCUT2D eigenvalue weighted by Gasteiger charge is 2.22. The number of piperidine rings is 1. The number of benzene rings is 2. The summed E-state index contributed by atoms with van der Waals surface area (Å²) in [5, 5.41) is 10.0. The van der Waals surface area contributed by atoms with Gasteiger partial charge in [-0.15, -0.1) is 0 Å². The Morgan fingerprint density at radius 1 is 1.16 bits per heavy atom. The Morgan fingerprint density at radius 2 is 1.97 bits per heavy atom. The molecule has 1 atom stereocenters. The van der Waals surface area contributed by atoms with Crippen LogP contribution in [0.15, 0.2) is 59.1 Å². The number of rotatable bonds is 7. The summed E-state index contributed by atoms with van der Waals surface area (Å²) in [5.74, 6) is 1.77. The molecule has 1 aromatic heterocycles. The van der Waals surface area contributed by atoms with Crippen molar-refractivity contribution >= 4 is 11.7 Å². The summed E-state index contributed by atoms with van der Waals surface area (Å²) in [6.07, 6.45) is 2.85. The van der Waals surface area contributed by atoms with Crippen LogP contribution in [0.3, 0.4) is 0 Å². The van der Waals surface area contributed by atoms with Gasteiger partial charge in [0.05, 0.1) is 13.0 Å². The molecule has 1 aliphatic rings. The number of likely N-dealkylation sites (tertiary alicyclic amines) is 1. The molecule has 3 aromatic rings. The van der Waals surface area contributed by atoms with E-state index in [1.165, 1.54) is 5.56 Å². The predicted molar refractivity (Wildman–Crippen MR) is 120 cm³/mol. The summed E-state index contributed by atoms with van der Waals surface area (Å²) < 4.78 is 5.43. The summed E-state index contributed by atoms with van der Waals surface area (Å²) in [4.78, 5) is 19.1. The molecule has 31 heavy (non-hydrogen) atoms. The molecule has 0 spiro atoms. The minimum Gasteiger partial charge on any atom is -0.339 e. The summed E-state index contributed by atoms with van der Waals surface area (Å²) in [6, 6.07) is 17.8. The minimum atomic E-state index is -0.162. The zero-order valence-corrected chi connectivity index (χ0v) is 17.9. The summed E-state index contributed by atoms with van der Waals surface area (Å²) in [6.45, 7) is 5.27. The maximum absolute atomic E-state index is 12.2. The first-order chi connectivity index (χ1) is 15.1. The molecule has 1 unspecified atom stereocenters. The lowest BCUT2D eigenvalue weighted by Gasteiger charge is -2.31. The molecule has 2 amide bonds. The summed E-state index contributed by atoms with van der Waals surface area (Å²) in [7, 11) is 0. The van der Waals surface area contributed by atoms with Gasteiger partial charge >= 0.3 is 6.03 Å². The van der Waals surface area contributed by atoms with Gasteiger partial charge in [-0.05, 0) is 49.9 Å². The van der Waals surface area contributed by atoms with Crippen molar-refractivity contribution in [3.05, 3.63) is 77.4 Å². The molecule has 2 aromatic carbocycles. The van der Waals surface area contributed by atoms with Crippen molar-refractivity contribution < 1.29 is 9.32 Å². The first-order valence-electron chi connectivity index (χ1n) is 10.8. The highest BCUT2D eigenvalue weighted by molar-refractivity contribution is 5.89. The van der Waals surface area contributed by atoms with Crippen LogP contribution in [-0.4, -0.2) is 40.7 Å². The second-order valence-corrected chi connectivity index (χ2v) is 8.21. The highest BCUT2D eigenvalue weighted by atomic mass is 16.5. The van der Waals surface area contributed by atoms with Crippen LogP contribution in [0.2, 0.25) is 0 Å². The number of nitrogens with zero attached hydrogens (tertiary/aromatic N) is 3. The Morgan fingerprint density at radius 3 is 2.77 bits per heavy atom. The monoisotopic (exact) mass is 419 g/mol. The smallest absolute Gasteiger partial charge is 0.319 e. The lowest BCUT2D eigenvalue weighted by molar-refractivity contribution is 0.161. The van der Waals surface area contributed by atoms with Crippen molar-refractivity contribution in [1.82, 2.24) is 20.4 Å². The lowest BCUT2D eigenvalue weighted by Crippen LogP contribution is -2.41. The first kappa shape index (κ1) is 21.1. The van der Waals surface area contributed by atoms with Crippen molar-refractivity contribution in [2.24, 2.45) is 5.92 Å². The van der Waals surface area contributed by atoms with Gasteiger partial charge in [0.25, 0.3) is 0 Å². The number of carbonyl (C=O) groups excluding carboxylic acids is 1. The topological polar surface area (TPSA) is 83.3 Å². The molecule has 0 radical (unpaired) electrons. The predicted octanol–water partition coefficient (Wildman–Crippen LogP) is 4.00. The van der Waals surface area contributed by atoms with Gasteiger partial charge in [0.15, 0.2) is 5.82 Å². The number of aryl methyl sites for hydroxylation is 1. The van der Waals surface area contributed by atoms with Gasteiger partial charge in [-0.2, -0.15) is 4.98 Å². The molecule has 0 bridgehead atoms. The van der Waals surface area contributed by atoms with Gasteiger partial charge in [-0.3, -0.25) is 4.90 Å². The molecule has 7 nitrogen and oxygen atoms in total. The fourth-order valence-corrected chi connectivity index (χ4v) is 3.91. The van der Waals surface area contributed by atoms with Crippen LogP contribution in [0.5, 0.6) is 0 Å². The van der Waals surface area contributed by atoms with Crippen LogP contribution in [-0.2, 0) is 13.0 Å². The van der Waals surface area contributed by atoms with Crippen LogP contribution in [0, 0.1) is 12.8 Å². The van der Waals surface area contributed by atoms with Crippen molar-refractivity contribution in [3.8, 4) is 0 Å². The van der Waals surface area contributed by atoms with E-state index in [4.69, 9.17) is 4.52 Å². The molecular formula is C24H29N5O2. The fraction of sp³-hybridized carbons (Fsp3) is 0.375. The van der Waals surface area contributed by atoms with Gasteiger partial charge in [0, 0.05) is 18.8 Å². The van der Waals surface area contributed by atoms with Crippen molar-refractivity contribution in [1.29, 1.82) is 0 Å². The zero-order valence-electron chi connectivity index (χ0n) is 17.9. The van der Waals surface area contributed by atoms with E-state index in [0.29, 0.717) is 31.3 Å². The molecule has 0 saturated carbocycles. The summed E-state index contributed by atoms with van der Waals surface area (Å²) in [5.41, 5.74) is 3.13. The van der Waals surface area contributed by atoms with Crippen molar-refractivity contribution in [2.75, 3.05) is 25.0 Å². The second-order valence-electron chi connectivity index (χ2n) is 8.21. The van der Waals surface area contributed by atoms with Gasteiger partial charge in [0.1, 0.15) is 0 Å². The molecule has 1 aliphatic heterocycles. The second kappa shape index (κ2) is 10.2. The van der Waals surface area contributed by atoms with Crippen LogP contribution < -0.4 is 10.6 Å². The molecule has 2 heterocycles. The molecular weight excluding hydrogens is 390 g/mol. The van der Waals surface area contributed by atoms with E-state index in [1.54, 1.807) is 0 Å². The number of nitrogens with one attached hydrogen (secondary N) is 2. The van der Waals surface area contributed by atoms with Crippen LogP contribution in [0.4, 0.5) is 10.5 Å². The molecule has 162 valence electrons. The maximum Gasteiger partial charge on any atom is 0.319 e. The third-order valence-corrected chi connectivity index (χ3v) is 5.54. The van der Waals surface area contributed by atoms with Crippen LogP contribution >= 0.6 is 0 Å². The number of hydrogen-bond donors (Lipinski definition) is 2. The SMILES string of the molecule is Cc1ccc(NC(=O)NCC2CCCN(Cc3noc(Cc4ccccc4)n3)C2)cc1. The van der Waals surface area contributed by atoms with E-state index < -0.39 is 0 Å². The van der Waals surface area contributed by atoms with Gasteiger partial charge in [-0.1, -0.05) is 53.2 Å². The largest absolute Gasteiger partial charge is 0.339 e. The molecule has 1 fully saturated rings. The Bertz CT molecular complexity index is 971. The maximum atomic E-state index is 12.2. The number of hydrogen-bond acceptors (Lipinski definition) is 5. The molecule has 0 aliphatic carbocycles. The average Bonchev–Trinajstić information content (AvgIpc) is 3.21. The van der Waals surface area contributed by atoms with E-state index in [2.05, 4.69) is 37.8 Å². The van der Waals surface area contributed by atoms with Gasteiger partial charge < -0.3 is 15.2 Å². The highest BCUT2D eigenvalue weighted by Crippen LogP contribution is 2.18. The Kier molecular flexibility index (Phi) is 6.94. The third kappa shape index (κ3) is 6.39. The average molecular weight is 420 g/mol. The summed E-state index contributed by atoms with van der Waals surface area (Å²) >= 11 is 0. The first-order valence-corrected chi connectivity index (χ1v) is 10.8. The van der Waals surface area contributed by atoms with Crippen molar-refractivity contribution in [3.63, 3.8) is 0 Å². The number of aromatic nitrogens is 2. The third-order valence-electron chi connectivity index (χ3n) is 5.54. The standard InChI is InChI=1S/C24H29N5O2/c1-18-9-11-21(12-10-18)26-24(30)25-15-20-8-5-13-29(16-20)17-22-27-23(31-28-22)14-19-6-3-2-4-7-19/h2-4,6-7,9-12,20H,5,8,13-17H2,1H3,(H2,25,26,30). The number of carbonyl (C=O) groups is 1. The van der Waals surface area contributed by atoms with E-state index >= 15 is 0 Å². The van der Waals surface area contributed by atoms with Crippen LogP contribution in [0.25, 0.3) is 0 Å². The normalized spacial score (nSPS) is 16.7. The van der Waals surface area contributed by atoms with E-state index in [9.17, 15) is 4.79 Å². The fourth-order valence-electron chi connectivity index (χ4n) is 3.91. The Hall–Kier alpha value is -3.19. The van der Waals surface area contributed by atoms with E-state index in [1.807, 2.05) is 49.4 Å². The number of anilines is 1. The quantitative estimate of drug-likeness (QED) is 0.605. The van der Waals surface area contributed by atoms with Crippen molar-refractivity contribution in [2.45, 2.75) is 32.7 Å². The van der Waals surface area contributed by atoms with E-state index in [0.717, 1.165) is 43.0 Å². The lowest BCUT2D eigenvalue weighted by atomic mass is 9.98. The Balaban J connectivity index is 1.22. The molecule has 4 rings (SSSR count). The van der Waals surface area contributed by atoms with Gasteiger partial charge in [-0.25, -0.2) is 4.79 Å². The zero-order chi connectivity index (χ0) is 21.5.